The number of amidine groups is 2. The van der Waals surface area contributed by atoms with Crippen LogP contribution in [-0.4, -0.2) is 48.7 Å². The zero-order chi connectivity index (χ0) is 11.1. The van der Waals surface area contributed by atoms with Gasteiger partial charge < -0.3 is 4.99 Å². The van der Waals surface area contributed by atoms with Gasteiger partial charge in [0.05, 0.1) is 5.84 Å². The van der Waals surface area contributed by atoms with Crippen molar-refractivity contribution in [2.75, 3.05) is 14.1 Å². The molecule has 0 saturated heterocycles. The van der Waals surface area contributed by atoms with E-state index in [1.807, 2.05) is 0 Å². The topological polar surface area (TPSA) is 58.9 Å². The van der Waals surface area contributed by atoms with Crippen molar-refractivity contribution in [1.82, 2.24) is 0 Å². The van der Waals surface area contributed by atoms with Crippen molar-refractivity contribution < 1.29 is 9.48 Å². The average molecular weight is 196 g/mol. The molecule has 0 amide bonds. The Balaban J connectivity index is 4.22. The van der Waals surface area contributed by atoms with E-state index in [4.69, 9.17) is 0 Å². The second-order valence-corrected chi connectivity index (χ2v) is 2.65. The quantitative estimate of drug-likeness (QED) is 0.280. The summed E-state index contributed by atoms with van der Waals surface area (Å²) in [4.78, 5) is 5.01. The second-order valence-electron chi connectivity index (χ2n) is 2.65. The van der Waals surface area contributed by atoms with Crippen LogP contribution in [0.3, 0.4) is 0 Å². The number of hydrogen-bond donors (Lipinski definition) is 0. The Morgan fingerprint density at radius 1 is 1.14 bits per heavy atom. The minimum absolute atomic E-state index is 0.519. The van der Waals surface area contributed by atoms with Crippen molar-refractivity contribution in [3.8, 4) is 0 Å². The normalized spacial score (nSPS) is 12.3. The summed E-state index contributed by atoms with van der Waals surface area (Å²) in [6, 6.07) is 0. The van der Waals surface area contributed by atoms with Gasteiger partial charge >= 0.3 is 0 Å². The Kier molecular flexibility index (Phi) is 5.13. The van der Waals surface area contributed by atoms with Gasteiger partial charge in [-0.1, -0.05) is 4.79 Å². The molecule has 0 aromatic rings. The summed E-state index contributed by atoms with van der Waals surface area (Å²) in [5.74, 6) is 1.12. The highest BCUT2D eigenvalue weighted by Crippen LogP contribution is 1.96. The molecule has 0 fully saturated rings. The maximum Gasteiger partial charge on any atom is 0.168 e. The zero-order valence-corrected chi connectivity index (χ0v) is 9.10. The third-order valence-corrected chi connectivity index (χ3v) is 1.16. The largest absolute Gasteiger partial charge is 0.398 e. The first-order valence-electron chi connectivity index (χ1n) is 4.02. The Labute approximate surface area is 84.3 Å². The molecule has 0 unspecified atom stereocenters. The highest BCUT2D eigenvalue weighted by Gasteiger charge is 1.94. The molecule has 0 saturated carbocycles. The maximum absolute atomic E-state index is 3.95. The van der Waals surface area contributed by atoms with Gasteiger partial charge in [-0.15, -0.1) is 10.5 Å². The molecule has 0 atom stereocenters. The Morgan fingerprint density at radius 2 is 1.71 bits per heavy atom. The van der Waals surface area contributed by atoms with Crippen molar-refractivity contribution in [1.29, 1.82) is 0 Å². The highest BCUT2D eigenvalue weighted by atomic mass is 15.6. The van der Waals surface area contributed by atoms with Crippen LogP contribution in [0.1, 0.15) is 13.8 Å². The molecule has 6 nitrogen and oxygen atoms in total. The smallest absolute Gasteiger partial charge is 0.168 e. The Morgan fingerprint density at radius 3 is 2.14 bits per heavy atom. The molecule has 0 radical (unpaired) electrons. The van der Waals surface area contributed by atoms with Gasteiger partial charge in [0.15, 0.2) is 6.72 Å². The van der Waals surface area contributed by atoms with E-state index >= 15 is 0 Å². The van der Waals surface area contributed by atoms with Gasteiger partial charge in [-0.3, -0.25) is 0 Å². The highest BCUT2D eigenvalue weighted by molar-refractivity contribution is 5.91. The van der Waals surface area contributed by atoms with Crippen LogP contribution in [0.5, 0.6) is 0 Å². The number of aliphatic imine (C=N–C) groups is 1. The summed E-state index contributed by atoms with van der Waals surface area (Å²) < 4.78 is 1.41. The lowest BCUT2D eigenvalue weighted by molar-refractivity contribution is -0.468. The van der Waals surface area contributed by atoms with E-state index in [0.717, 1.165) is 0 Å². The summed E-state index contributed by atoms with van der Waals surface area (Å²) >= 11 is 0. The summed E-state index contributed by atoms with van der Waals surface area (Å²) in [5.41, 5.74) is 7.87. The summed E-state index contributed by atoms with van der Waals surface area (Å²) in [5, 5.41) is 3.95. The van der Waals surface area contributed by atoms with Crippen LogP contribution in [0.2, 0.25) is 0 Å². The molecule has 0 bridgehead atoms. The first kappa shape index (κ1) is 12.3. The van der Waals surface area contributed by atoms with Gasteiger partial charge in [0.1, 0.15) is 13.8 Å². The van der Waals surface area contributed by atoms with Gasteiger partial charge in [-0.2, -0.15) is 10.1 Å². The lowest BCUT2D eigenvalue weighted by Crippen LogP contribution is -2.07. The molecular formula is C8H16N6. The van der Waals surface area contributed by atoms with E-state index < -0.39 is 0 Å². The van der Waals surface area contributed by atoms with Crippen LogP contribution in [0.25, 0.3) is 10.9 Å². The van der Waals surface area contributed by atoms with Gasteiger partial charge in [-0.25, -0.2) is 0 Å². The number of rotatable bonds is 3. The standard InChI is InChI=1S/C8H16N6/c1-7(9-3)11-14(6)12-8(2)10-13(4)5/h4,6H2,1-3,5H3/b9-7?,12-8+. The number of hydrogen-bond acceptors (Lipinski definition) is 2. The Bertz CT molecular complexity index is 288. The fourth-order valence-corrected chi connectivity index (χ4v) is 0.668. The fraction of sp³-hybridized carbons (Fsp3) is 0.500. The molecule has 0 rings (SSSR count). The first-order valence-corrected chi connectivity index (χ1v) is 4.02. The molecule has 0 aromatic carbocycles. The predicted octanol–water partition coefficient (Wildman–Crippen LogP) is 1.00. The Hall–Kier alpha value is -1.72. The molecule has 0 heterocycles. The zero-order valence-electron chi connectivity index (χ0n) is 9.10. The van der Waals surface area contributed by atoms with Gasteiger partial charge in [0.2, 0.25) is 0 Å². The maximum atomic E-state index is 3.95. The predicted molar refractivity (Wildman–Crippen MR) is 59.5 cm³/mol. The molecule has 78 valence electrons. The first-order chi connectivity index (χ1) is 6.45. The van der Waals surface area contributed by atoms with Crippen molar-refractivity contribution in [3.05, 3.63) is 10.9 Å². The molecule has 6 heteroatoms. The summed E-state index contributed by atoms with van der Waals surface area (Å²) in [7, 11) is 3.36. The SMILES string of the molecule is C=[N+](C)[N-]/C(C)=N/[N+](=C)[N-]C(C)=NC. The minimum Gasteiger partial charge on any atom is -0.398 e. The third-order valence-electron chi connectivity index (χ3n) is 1.16. The van der Waals surface area contributed by atoms with Crippen LogP contribution >= 0.6 is 0 Å². The average Bonchev–Trinajstić information content (AvgIpc) is 2.01. The third kappa shape index (κ3) is 5.87. The van der Waals surface area contributed by atoms with Crippen LogP contribution in [0.4, 0.5) is 0 Å². The lowest BCUT2D eigenvalue weighted by Gasteiger charge is -2.05. The molecular weight excluding hydrogens is 180 g/mol. The number of nitrogens with zero attached hydrogens (tertiary/aromatic N) is 6. The molecule has 0 aliphatic carbocycles. The minimum atomic E-state index is 0.519. The van der Waals surface area contributed by atoms with E-state index in [1.54, 1.807) is 27.9 Å². The molecule has 0 spiro atoms. The lowest BCUT2D eigenvalue weighted by atomic mass is 10.7. The second kappa shape index (κ2) is 5.85. The van der Waals surface area contributed by atoms with E-state index in [-0.39, 0.29) is 0 Å². The van der Waals surface area contributed by atoms with Gasteiger partial charge in [0.25, 0.3) is 0 Å². The van der Waals surface area contributed by atoms with Crippen molar-refractivity contribution in [3.63, 3.8) is 0 Å². The van der Waals surface area contributed by atoms with Gasteiger partial charge in [0, 0.05) is 5.84 Å². The van der Waals surface area contributed by atoms with Crippen LogP contribution < -0.4 is 0 Å². The fourth-order valence-electron chi connectivity index (χ4n) is 0.668. The van der Waals surface area contributed by atoms with Gasteiger partial charge in [-0.05, 0) is 20.9 Å². The summed E-state index contributed by atoms with van der Waals surface area (Å²) in [6.07, 6.45) is 0. The molecule has 0 aliphatic heterocycles. The molecule has 14 heavy (non-hydrogen) atoms. The van der Waals surface area contributed by atoms with E-state index in [1.165, 1.54) is 9.48 Å². The number of hydrazone groups is 1. The van der Waals surface area contributed by atoms with Crippen LogP contribution in [0, 0.1) is 0 Å². The van der Waals surface area contributed by atoms with E-state index in [2.05, 4.69) is 34.4 Å². The van der Waals surface area contributed by atoms with Crippen LogP contribution in [-0.2, 0) is 0 Å². The summed E-state index contributed by atoms with van der Waals surface area (Å²) in [6.45, 7) is 10.6. The molecule has 0 N–H and O–H groups in total. The van der Waals surface area contributed by atoms with Crippen LogP contribution in [0.15, 0.2) is 10.1 Å². The molecule has 0 aromatic heterocycles. The van der Waals surface area contributed by atoms with Crippen molar-refractivity contribution >= 4 is 25.1 Å². The van der Waals surface area contributed by atoms with Crippen molar-refractivity contribution in [2.45, 2.75) is 13.8 Å². The molecule has 0 aliphatic rings. The van der Waals surface area contributed by atoms with E-state index in [9.17, 15) is 0 Å². The van der Waals surface area contributed by atoms with Crippen molar-refractivity contribution in [2.24, 2.45) is 10.1 Å². The van der Waals surface area contributed by atoms with E-state index in [0.29, 0.717) is 11.7 Å². The monoisotopic (exact) mass is 196 g/mol.